The zero-order valence-electron chi connectivity index (χ0n) is 33.5. The number of carbonyl (C=O) groups excluding carboxylic acids is 3. The molecule has 9 rings (SSSR count). The molecule has 3 fully saturated rings. The summed E-state index contributed by atoms with van der Waals surface area (Å²) in [5.41, 5.74) is 5.97. The molecule has 2 N–H and O–H groups in total. The summed E-state index contributed by atoms with van der Waals surface area (Å²) in [6.45, 7) is 6.06. The Bertz CT molecular complexity index is 2470. The third-order valence-corrected chi connectivity index (χ3v) is 13.6. The van der Waals surface area contributed by atoms with Gasteiger partial charge in [0.05, 0.1) is 11.1 Å². The summed E-state index contributed by atoms with van der Waals surface area (Å²) >= 11 is 12.9. The lowest BCUT2D eigenvalue weighted by Gasteiger charge is -2.40. The Morgan fingerprint density at radius 2 is 1.44 bits per heavy atom. The number of allylic oxidation sites excluding steroid dienone is 1. The van der Waals surface area contributed by atoms with Gasteiger partial charge in [0.2, 0.25) is 11.8 Å². The second-order valence-electron chi connectivity index (χ2n) is 16.8. The number of amides is 3. The van der Waals surface area contributed by atoms with E-state index in [0.717, 1.165) is 56.8 Å². The maximum atomic E-state index is 16.6. The summed E-state index contributed by atoms with van der Waals surface area (Å²) in [6.07, 6.45) is 3.97. The molecule has 1 atom stereocenters. The number of hydrogen-bond acceptors (Lipinski definition) is 7. The number of nitrogens with one attached hydrogen (secondary N) is 1. The highest BCUT2D eigenvalue weighted by atomic mass is 35.5. The third-order valence-electron chi connectivity index (χ3n) is 13.1. The van der Waals surface area contributed by atoms with Crippen LogP contribution in [0.1, 0.15) is 87.1 Å². The molecule has 4 heterocycles. The number of carboxylic acids is 1. The van der Waals surface area contributed by atoms with E-state index in [1.807, 2.05) is 12.1 Å². The van der Waals surface area contributed by atoms with Gasteiger partial charge in [-0.2, -0.15) is 0 Å². The van der Waals surface area contributed by atoms with Crippen LogP contribution in [0.15, 0.2) is 66.7 Å². The molecule has 0 saturated carbocycles. The molecule has 0 spiro atoms. The van der Waals surface area contributed by atoms with E-state index in [-0.39, 0.29) is 29.4 Å². The van der Waals surface area contributed by atoms with Crippen molar-refractivity contribution in [2.24, 2.45) is 5.92 Å². The number of piperidine rings is 2. The van der Waals surface area contributed by atoms with Gasteiger partial charge in [-0.3, -0.25) is 24.6 Å². The SMILES string of the molecule is O=C1CC[C@H](N2Cc3cc(N4CCN(CC5CCN(c6cc(F)c(C7=C(c8ccc(Cl)cc8Cl)CCCc8cc(C(=O)O)ccc87)c(F)c6)CC5)CC4)ccc3C2=O)C(=O)N1. The van der Waals surface area contributed by atoms with Gasteiger partial charge >= 0.3 is 5.97 Å². The molecule has 0 bridgehead atoms. The summed E-state index contributed by atoms with van der Waals surface area (Å²) in [7, 11) is 0. The van der Waals surface area contributed by atoms with E-state index in [2.05, 4.69) is 26.1 Å². The standard InChI is InChI=1S/C47H45Cl2F2N5O5/c48-31-5-8-36(38(49)22-31)37-3-1-2-28-20-29(47(60)61)4-7-34(28)43(37)44-39(50)23-33(24-40(44)51)54-14-12-27(13-15-54)25-53-16-18-55(19-17-53)32-6-9-35-30(21-32)26-56(46(35)59)41-10-11-42(57)52-45(41)58/h4-9,20-24,27,41H,1-3,10-19,25-26H2,(H,60,61)(H,52,57,58)/t41-/m0/s1. The summed E-state index contributed by atoms with van der Waals surface area (Å²) in [6, 6.07) is 17.9. The zero-order valence-corrected chi connectivity index (χ0v) is 35.0. The van der Waals surface area contributed by atoms with Crippen molar-refractivity contribution in [2.75, 3.05) is 55.6 Å². The molecule has 3 saturated heterocycles. The highest BCUT2D eigenvalue weighted by Gasteiger charge is 2.39. The minimum atomic E-state index is -1.07. The van der Waals surface area contributed by atoms with Crippen LogP contribution in [0.3, 0.4) is 0 Å². The number of hydrogen-bond donors (Lipinski definition) is 2. The largest absolute Gasteiger partial charge is 0.478 e. The number of rotatable bonds is 8. The lowest BCUT2D eigenvalue weighted by atomic mass is 9.86. The van der Waals surface area contributed by atoms with Crippen LogP contribution in [0.2, 0.25) is 10.0 Å². The molecule has 0 aromatic heterocycles. The van der Waals surface area contributed by atoms with Crippen molar-refractivity contribution in [1.82, 2.24) is 15.1 Å². The predicted octanol–water partition coefficient (Wildman–Crippen LogP) is 8.06. The molecule has 0 radical (unpaired) electrons. The van der Waals surface area contributed by atoms with Crippen LogP contribution >= 0.6 is 23.2 Å². The van der Waals surface area contributed by atoms with Gasteiger partial charge < -0.3 is 19.8 Å². The van der Waals surface area contributed by atoms with E-state index in [9.17, 15) is 24.3 Å². The number of nitrogens with zero attached hydrogens (tertiary/aromatic N) is 4. The predicted molar refractivity (Wildman–Crippen MR) is 231 cm³/mol. The van der Waals surface area contributed by atoms with Crippen molar-refractivity contribution in [3.63, 3.8) is 0 Å². The number of halogens is 4. The fourth-order valence-electron chi connectivity index (χ4n) is 9.88. The summed E-state index contributed by atoms with van der Waals surface area (Å²) in [5, 5.41) is 12.9. The monoisotopic (exact) mass is 867 g/mol. The maximum absolute atomic E-state index is 16.6. The van der Waals surface area contributed by atoms with Crippen LogP contribution in [-0.4, -0.2) is 90.5 Å². The van der Waals surface area contributed by atoms with Gasteiger partial charge in [-0.05, 0) is 132 Å². The number of anilines is 2. The lowest BCUT2D eigenvalue weighted by Crippen LogP contribution is -2.52. The Morgan fingerprint density at radius 3 is 2.15 bits per heavy atom. The van der Waals surface area contributed by atoms with Crippen molar-refractivity contribution in [2.45, 2.75) is 57.5 Å². The van der Waals surface area contributed by atoms with E-state index < -0.39 is 29.6 Å². The van der Waals surface area contributed by atoms with E-state index in [4.69, 9.17) is 23.2 Å². The number of aromatic carboxylic acids is 1. The normalized spacial score (nSPS) is 20.2. The number of carbonyl (C=O) groups is 4. The first-order chi connectivity index (χ1) is 29.4. The van der Waals surface area contributed by atoms with Gasteiger partial charge in [0.1, 0.15) is 17.7 Å². The summed E-state index contributed by atoms with van der Waals surface area (Å²) < 4.78 is 33.2. The molecule has 3 amide bonds. The number of piperazine rings is 1. The van der Waals surface area contributed by atoms with Crippen molar-refractivity contribution < 1.29 is 33.1 Å². The highest BCUT2D eigenvalue weighted by molar-refractivity contribution is 6.36. The van der Waals surface area contributed by atoms with Gasteiger partial charge in [-0.25, -0.2) is 13.6 Å². The van der Waals surface area contributed by atoms with Crippen LogP contribution in [-0.2, 0) is 22.6 Å². The van der Waals surface area contributed by atoms with Gasteiger partial charge in [-0.15, -0.1) is 0 Å². The Labute approximate surface area is 362 Å². The van der Waals surface area contributed by atoms with Crippen LogP contribution in [0.4, 0.5) is 20.2 Å². The van der Waals surface area contributed by atoms with E-state index in [0.29, 0.717) is 100 Å². The maximum Gasteiger partial charge on any atom is 0.335 e. The molecule has 4 aromatic carbocycles. The number of benzene rings is 4. The fraction of sp³-hybridized carbons (Fsp3) is 0.362. The highest BCUT2D eigenvalue weighted by Crippen LogP contribution is 2.45. The van der Waals surface area contributed by atoms with Crippen LogP contribution in [0.25, 0.3) is 11.1 Å². The second kappa shape index (κ2) is 16.9. The fourth-order valence-corrected chi connectivity index (χ4v) is 10.4. The van der Waals surface area contributed by atoms with Crippen molar-refractivity contribution in [3.05, 3.63) is 127 Å². The van der Waals surface area contributed by atoms with Crippen molar-refractivity contribution in [1.29, 1.82) is 0 Å². The third kappa shape index (κ3) is 8.13. The molecule has 4 aliphatic heterocycles. The number of aryl methyl sites for hydroxylation is 1. The minimum Gasteiger partial charge on any atom is -0.478 e. The molecule has 4 aromatic rings. The molecule has 0 unspecified atom stereocenters. The quantitative estimate of drug-likeness (QED) is 0.171. The van der Waals surface area contributed by atoms with Crippen LogP contribution in [0.5, 0.6) is 0 Å². The van der Waals surface area contributed by atoms with Crippen molar-refractivity contribution >= 4 is 69.4 Å². The van der Waals surface area contributed by atoms with Gasteiger partial charge in [0, 0.05) is 85.8 Å². The number of carboxylic acid groups (broad SMARTS) is 1. The smallest absolute Gasteiger partial charge is 0.335 e. The number of imide groups is 1. The molecule has 316 valence electrons. The van der Waals surface area contributed by atoms with E-state index >= 15 is 8.78 Å². The molecular weight excluding hydrogens is 823 g/mol. The Kier molecular flexibility index (Phi) is 11.4. The molecule has 1 aliphatic carbocycles. The van der Waals surface area contributed by atoms with Gasteiger partial charge in [0.15, 0.2) is 0 Å². The van der Waals surface area contributed by atoms with Gasteiger partial charge in [0.25, 0.3) is 5.91 Å². The minimum absolute atomic E-state index is 0.116. The first kappa shape index (κ1) is 41.1. The first-order valence-electron chi connectivity index (χ1n) is 21.0. The summed E-state index contributed by atoms with van der Waals surface area (Å²) in [4.78, 5) is 57.6. The van der Waals surface area contributed by atoms with E-state index in [1.165, 1.54) is 18.2 Å². The topological polar surface area (TPSA) is 114 Å². The Hall–Kier alpha value is -5.30. The Balaban J connectivity index is 0.851. The first-order valence-corrected chi connectivity index (χ1v) is 21.7. The van der Waals surface area contributed by atoms with Crippen molar-refractivity contribution in [3.8, 4) is 0 Å². The van der Waals surface area contributed by atoms with Crippen LogP contribution in [0, 0.1) is 17.6 Å². The zero-order chi connectivity index (χ0) is 42.5. The molecule has 14 heteroatoms. The number of fused-ring (bicyclic) bond motifs is 2. The molecule has 61 heavy (non-hydrogen) atoms. The summed E-state index contributed by atoms with van der Waals surface area (Å²) in [5.74, 6) is -2.90. The Morgan fingerprint density at radius 1 is 0.738 bits per heavy atom. The molecule has 5 aliphatic rings. The van der Waals surface area contributed by atoms with Gasteiger partial charge in [-0.1, -0.05) is 35.3 Å². The average Bonchev–Trinajstić information content (AvgIpc) is 3.44. The average molecular weight is 869 g/mol. The second-order valence-corrected chi connectivity index (χ2v) is 17.6. The lowest BCUT2D eigenvalue weighted by molar-refractivity contribution is -0.136. The van der Waals surface area contributed by atoms with E-state index in [1.54, 1.807) is 35.2 Å². The van der Waals surface area contributed by atoms with Crippen LogP contribution < -0.4 is 15.1 Å². The molecular formula is C47H45Cl2F2N5O5. The molecule has 10 nitrogen and oxygen atoms in total.